The van der Waals surface area contributed by atoms with Gasteiger partial charge in [-0.2, -0.15) is 0 Å². The maximum absolute atomic E-state index is 13.8. The first-order valence-electron chi connectivity index (χ1n) is 5.75. The number of rotatable bonds is 4. The summed E-state index contributed by atoms with van der Waals surface area (Å²) >= 11 is 0. The molecule has 0 saturated carbocycles. The molecular weight excluding hydrogens is 247 g/mol. The lowest BCUT2D eigenvalue weighted by molar-refractivity contribution is -0.137. The van der Waals surface area contributed by atoms with Gasteiger partial charge >= 0.3 is 5.97 Å². The molecule has 0 aliphatic heterocycles. The topological polar surface area (TPSA) is 46.5 Å². The summed E-state index contributed by atoms with van der Waals surface area (Å²) in [5.41, 5.74) is 0.558. The summed E-state index contributed by atoms with van der Waals surface area (Å²) < 4.78 is 19.0. The van der Waals surface area contributed by atoms with Crippen LogP contribution >= 0.6 is 0 Å². The molecule has 1 atom stereocenters. The van der Waals surface area contributed by atoms with E-state index in [2.05, 4.69) is 0 Å². The van der Waals surface area contributed by atoms with E-state index in [1.165, 1.54) is 25.3 Å². The Balaban J connectivity index is 2.59. The first kappa shape index (κ1) is 13.1. The van der Waals surface area contributed by atoms with Crippen molar-refractivity contribution in [2.24, 2.45) is 0 Å². The van der Waals surface area contributed by atoms with Crippen LogP contribution in [-0.2, 0) is 4.79 Å². The molecule has 0 aliphatic rings. The van der Waals surface area contributed by atoms with Gasteiger partial charge in [-0.3, -0.25) is 4.79 Å². The summed E-state index contributed by atoms with van der Waals surface area (Å²) in [5, 5.41) is 9.40. The van der Waals surface area contributed by atoms with Gasteiger partial charge in [0.05, 0.1) is 7.11 Å². The van der Waals surface area contributed by atoms with Crippen LogP contribution in [0.2, 0.25) is 0 Å². The van der Waals surface area contributed by atoms with E-state index in [0.29, 0.717) is 11.3 Å². The highest BCUT2D eigenvalue weighted by molar-refractivity contribution is 5.81. The van der Waals surface area contributed by atoms with Crippen molar-refractivity contribution < 1.29 is 19.0 Å². The molecule has 0 heterocycles. The van der Waals surface area contributed by atoms with Gasteiger partial charge in [0.2, 0.25) is 0 Å². The molecular formula is C15H13FO3. The second kappa shape index (κ2) is 5.52. The Morgan fingerprint density at radius 1 is 1.11 bits per heavy atom. The molecule has 0 saturated heterocycles. The van der Waals surface area contributed by atoms with Crippen molar-refractivity contribution in [2.45, 2.75) is 5.92 Å². The maximum atomic E-state index is 13.8. The van der Waals surface area contributed by atoms with E-state index >= 15 is 0 Å². The highest BCUT2D eigenvalue weighted by Gasteiger charge is 2.27. The number of carboxylic acid groups (broad SMARTS) is 1. The van der Waals surface area contributed by atoms with Crippen molar-refractivity contribution >= 4 is 5.97 Å². The first-order chi connectivity index (χ1) is 9.15. The number of hydrogen-bond donors (Lipinski definition) is 1. The Hall–Kier alpha value is -2.36. The molecule has 19 heavy (non-hydrogen) atoms. The van der Waals surface area contributed by atoms with Crippen molar-refractivity contribution in [3.8, 4) is 5.75 Å². The van der Waals surface area contributed by atoms with Crippen molar-refractivity contribution in [3.63, 3.8) is 0 Å². The van der Waals surface area contributed by atoms with Crippen LogP contribution in [-0.4, -0.2) is 18.2 Å². The molecule has 2 aromatic rings. The van der Waals surface area contributed by atoms with Gasteiger partial charge in [-0.1, -0.05) is 36.4 Å². The number of halogens is 1. The maximum Gasteiger partial charge on any atom is 0.315 e. The number of para-hydroxylation sites is 1. The first-order valence-corrected chi connectivity index (χ1v) is 5.75. The molecule has 98 valence electrons. The largest absolute Gasteiger partial charge is 0.496 e. The minimum atomic E-state index is -1.12. The standard InChI is InChI=1S/C15H13FO3/c1-19-13-9-5-3-7-11(13)14(15(17)18)10-6-2-4-8-12(10)16/h2-9,14H,1H3,(H,17,18). The lowest BCUT2D eigenvalue weighted by Crippen LogP contribution is -2.15. The Morgan fingerprint density at radius 2 is 1.68 bits per heavy atom. The summed E-state index contributed by atoms with van der Waals surface area (Å²) in [6.45, 7) is 0. The summed E-state index contributed by atoms with van der Waals surface area (Å²) in [6.07, 6.45) is 0. The second-order valence-corrected chi connectivity index (χ2v) is 4.03. The fraction of sp³-hybridized carbons (Fsp3) is 0.133. The Kier molecular flexibility index (Phi) is 3.80. The van der Waals surface area contributed by atoms with Crippen LogP contribution in [0.25, 0.3) is 0 Å². The number of aliphatic carboxylic acids is 1. The molecule has 0 spiro atoms. The Labute approximate surface area is 110 Å². The number of methoxy groups -OCH3 is 1. The Morgan fingerprint density at radius 3 is 2.26 bits per heavy atom. The number of benzene rings is 2. The lowest BCUT2D eigenvalue weighted by Gasteiger charge is -2.16. The molecule has 2 rings (SSSR count). The van der Waals surface area contributed by atoms with E-state index in [4.69, 9.17) is 4.74 Å². The van der Waals surface area contributed by atoms with Gasteiger partial charge < -0.3 is 9.84 Å². The summed E-state index contributed by atoms with van der Waals surface area (Å²) in [7, 11) is 1.46. The molecule has 0 aliphatic carbocycles. The minimum Gasteiger partial charge on any atom is -0.496 e. The zero-order chi connectivity index (χ0) is 13.8. The fourth-order valence-electron chi connectivity index (χ4n) is 2.05. The van der Waals surface area contributed by atoms with Crippen molar-refractivity contribution in [1.29, 1.82) is 0 Å². The second-order valence-electron chi connectivity index (χ2n) is 4.03. The van der Waals surface area contributed by atoms with Crippen molar-refractivity contribution in [3.05, 3.63) is 65.5 Å². The molecule has 0 fully saturated rings. The highest BCUT2D eigenvalue weighted by atomic mass is 19.1. The van der Waals surface area contributed by atoms with Crippen LogP contribution in [0, 0.1) is 5.82 Å². The predicted octanol–water partition coefficient (Wildman–Crippen LogP) is 3.05. The zero-order valence-corrected chi connectivity index (χ0v) is 10.3. The van der Waals surface area contributed by atoms with E-state index in [9.17, 15) is 14.3 Å². The molecule has 4 heteroatoms. The summed E-state index contributed by atoms with van der Waals surface area (Å²) in [4.78, 5) is 11.5. The molecule has 1 unspecified atom stereocenters. The van der Waals surface area contributed by atoms with E-state index in [-0.39, 0.29) is 5.56 Å². The lowest BCUT2D eigenvalue weighted by atomic mass is 9.90. The van der Waals surface area contributed by atoms with Crippen LogP contribution in [0.5, 0.6) is 5.75 Å². The van der Waals surface area contributed by atoms with Crippen molar-refractivity contribution in [1.82, 2.24) is 0 Å². The smallest absolute Gasteiger partial charge is 0.315 e. The summed E-state index contributed by atoms with van der Waals surface area (Å²) in [5.74, 6) is -2.31. The van der Waals surface area contributed by atoms with Gasteiger partial charge in [-0.05, 0) is 12.1 Å². The third-order valence-corrected chi connectivity index (χ3v) is 2.91. The zero-order valence-electron chi connectivity index (χ0n) is 10.3. The number of hydrogen-bond acceptors (Lipinski definition) is 2. The van der Waals surface area contributed by atoms with Gasteiger partial charge in [0.15, 0.2) is 0 Å². The molecule has 0 amide bonds. The van der Waals surface area contributed by atoms with Crippen LogP contribution in [0.1, 0.15) is 17.0 Å². The third-order valence-electron chi connectivity index (χ3n) is 2.91. The van der Waals surface area contributed by atoms with Gasteiger partial charge in [0.25, 0.3) is 0 Å². The highest BCUT2D eigenvalue weighted by Crippen LogP contribution is 2.33. The average Bonchev–Trinajstić information content (AvgIpc) is 2.41. The van der Waals surface area contributed by atoms with Gasteiger partial charge in [-0.15, -0.1) is 0 Å². The molecule has 0 bridgehead atoms. The van der Waals surface area contributed by atoms with E-state index in [1.807, 2.05) is 0 Å². The van der Waals surface area contributed by atoms with E-state index in [0.717, 1.165) is 0 Å². The number of carboxylic acids is 1. The predicted molar refractivity (Wildman–Crippen MR) is 68.9 cm³/mol. The van der Waals surface area contributed by atoms with Gasteiger partial charge in [0, 0.05) is 11.1 Å². The van der Waals surface area contributed by atoms with Gasteiger partial charge in [0.1, 0.15) is 17.5 Å². The van der Waals surface area contributed by atoms with Crippen LogP contribution in [0.15, 0.2) is 48.5 Å². The van der Waals surface area contributed by atoms with Crippen LogP contribution in [0.3, 0.4) is 0 Å². The molecule has 3 nitrogen and oxygen atoms in total. The number of ether oxygens (including phenoxy) is 1. The minimum absolute atomic E-state index is 0.125. The quantitative estimate of drug-likeness (QED) is 0.919. The van der Waals surface area contributed by atoms with E-state index in [1.54, 1.807) is 30.3 Å². The van der Waals surface area contributed by atoms with Gasteiger partial charge in [-0.25, -0.2) is 4.39 Å². The monoisotopic (exact) mass is 260 g/mol. The SMILES string of the molecule is COc1ccccc1C(C(=O)O)c1ccccc1F. The normalized spacial score (nSPS) is 11.9. The third kappa shape index (κ3) is 2.57. The summed E-state index contributed by atoms with van der Waals surface area (Å²) in [6, 6.07) is 12.6. The molecule has 1 N–H and O–H groups in total. The van der Waals surface area contributed by atoms with E-state index < -0.39 is 17.7 Å². The molecule has 2 aromatic carbocycles. The number of carbonyl (C=O) groups is 1. The fourth-order valence-corrected chi connectivity index (χ4v) is 2.05. The van der Waals surface area contributed by atoms with Crippen LogP contribution in [0.4, 0.5) is 4.39 Å². The average molecular weight is 260 g/mol. The Bertz CT molecular complexity index is 595. The van der Waals surface area contributed by atoms with Crippen molar-refractivity contribution in [2.75, 3.05) is 7.11 Å². The molecule has 0 radical (unpaired) electrons. The molecule has 0 aromatic heterocycles. The van der Waals surface area contributed by atoms with Crippen LogP contribution < -0.4 is 4.74 Å².